The van der Waals surface area contributed by atoms with Crippen LogP contribution in [0.3, 0.4) is 0 Å². The summed E-state index contributed by atoms with van der Waals surface area (Å²) in [5, 5.41) is 0.544. The summed E-state index contributed by atoms with van der Waals surface area (Å²) in [5.74, 6) is -0.442. The number of nitrogens with zero attached hydrogens (tertiary/aromatic N) is 1. The van der Waals surface area contributed by atoms with Gasteiger partial charge in [-0.3, -0.25) is 4.98 Å². The van der Waals surface area contributed by atoms with Gasteiger partial charge in [-0.15, -0.1) is 0 Å². The molecule has 0 saturated heterocycles. The average molecular weight is 252 g/mol. The Hall–Kier alpha value is -1.81. The number of carbonyl (C=O) groups excluding carboxylic acids is 1. The highest BCUT2D eigenvalue weighted by molar-refractivity contribution is 6.30. The number of hydrogen-bond donors (Lipinski definition) is 0. The van der Waals surface area contributed by atoms with Crippen molar-refractivity contribution in [2.45, 2.75) is 13.0 Å². The lowest BCUT2D eigenvalue weighted by molar-refractivity contribution is 0.0328. The number of rotatable bonds is 3. The fraction of sp³-hybridized carbons (Fsp3) is 0.167. The fourth-order valence-electron chi connectivity index (χ4n) is 1.30. The van der Waals surface area contributed by atoms with Crippen molar-refractivity contribution in [2.24, 2.45) is 0 Å². The van der Waals surface area contributed by atoms with Crippen LogP contribution in [0.1, 0.15) is 29.1 Å². The minimum absolute atomic E-state index is 0.380. The SMILES string of the molecule is C[C@@H](OC(=O)c1ccoc1)c1ccc(Cl)cn1. The summed E-state index contributed by atoms with van der Waals surface area (Å²) < 4.78 is 10.0. The van der Waals surface area contributed by atoms with Crippen molar-refractivity contribution in [2.75, 3.05) is 0 Å². The standard InChI is InChI=1S/C12H10ClNO3/c1-8(11-3-2-10(13)6-14-11)17-12(15)9-4-5-16-7-9/h2-8H,1H3/t8-/m1/s1. The van der Waals surface area contributed by atoms with E-state index in [1.807, 2.05) is 0 Å². The van der Waals surface area contributed by atoms with Crippen molar-refractivity contribution in [3.63, 3.8) is 0 Å². The summed E-state index contributed by atoms with van der Waals surface area (Å²) in [5.41, 5.74) is 1.03. The molecule has 1 atom stereocenters. The molecule has 0 unspecified atom stereocenters. The first-order valence-corrected chi connectivity index (χ1v) is 5.39. The number of halogens is 1. The third-order valence-electron chi connectivity index (χ3n) is 2.21. The molecular weight excluding hydrogens is 242 g/mol. The third kappa shape index (κ3) is 2.85. The number of hydrogen-bond acceptors (Lipinski definition) is 4. The Labute approximate surface area is 103 Å². The summed E-state index contributed by atoms with van der Waals surface area (Å²) in [4.78, 5) is 15.7. The summed E-state index contributed by atoms with van der Waals surface area (Å²) >= 11 is 5.72. The van der Waals surface area contributed by atoms with Crippen LogP contribution >= 0.6 is 11.6 Å². The molecule has 88 valence electrons. The zero-order chi connectivity index (χ0) is 12.3. The van der Waals surface area contributed by atoms with Gasteiger partial charge in [0, 0.05) is 6.20 Å². The lowest BCUT2D eigenvalue weighted by atomic mass is 10.2. The van der Waals surface area contributed by atoms with Gasteiger partial charge in [-0.25, -0.2) is 4.79 Å². The van der Waals surface area contributed by atoms with Crippen molar-refractivity contribution in [3.8, 4) is 0 Å². The molecule has 2 heterocycles. The van der Waals surface area contributed by atoms with Crippen molar-refractivity contribution < 1.29 is 13.9 Å². The van der Waals surface area contributed by atoms with Gasteiger partial charge in [-0.1, -0.05) is 11.6 Å². The van der Waals surface area contributed by atoms with Gasteiger partial charge in [0.25, 0.3) is 0 Å². The maximum atomic E-state index is 11.6. The van der Waals surface area contributed by atoms with Crippen LogP contribution < -0.4 is 0 Å². The van der Waals surface area contributed by atoms with Crippen molar-refractivity contribution in [1.29, 1.82) is 0 Å². The molecular formula is C12H10ClNO3. The van der Waals surface area contributed by atoms with Crippen LogP contribution in [0, 0.1) is 0 Å². The van der Waals surface area contributed by atoms with Gasteiger partial charge >= 0.3 is 5.97 Å². The highest BCUT2D eigenvalue weighted by Gasteiger charge is 2.15. The topological polar surface area (TPSA) is 52.3 Å². The van der Waals surface area contributed by atoms with E-state index >= 15 is 0 Å². The van der Waals surface area contributed by atoms with Gasteiger partial charge < -0.3 is 9.15 Å². The molecule has 0 fully saturated rings. The largest absolute Gasteiger partial charge is 0.472 e. The summed E-state index contributed by atoms with van der Waals surface area (Å²) in [6.45, 7) is 1.74. The molecule has 4 nitrogen and oxygen atoms in total. The van der Waals surface area contributed by atoms with E-state index < -0.39 is 12.1 Å². The highest BCUT2D eigenvalue weighted by Crippen LogP contribution is 2.18. The molecule has 0 aliphatic rings. The quantitative estimate of drug-likeness (QED) is 0.786. The summed E-state index contributed by atoms with van der Waals surface area (Å²) in [6, 6.07) is 4.96. The van der Waals surface area contributed by atoms with Crippen LogP contribution in [0.5, 0.6) is 0 Å². The van der Waals surface area contributed by atoms with Crippen LogP contribution in [0.25, 0.3) is 0 Å². The first-order chi connectivity index (χ1) is 8.16. The molecule has 0 saturated carbocycles. The molecule has 0 N–H and O–H groups in total. The van der Waals surface area contributed by atoms with E-state index in [4.69, 9.17) is 20.8 Å². The molecule has 0 aliphatic carbocycles. The maximum Gasteiger partial charge on any atom is 0.342 e. The van der Waals surface area contributed by atoms with Crippen molar-refractivity contribution in [3.05, 3.63) is 53.2 Å². The van der Waals surface area contributed by atoms with Gasteiger partial charge in [0.05, 0.1) is 22.5 Å². The molecule has 17 heavy (non-hydrogen) atoms. The average Bonchev–Trinajstić information content (AvgIpc) is 2.83. The Balaban J connectivity index is 2.04. The molecule has 2 aromatic rings. The second kappa shape index (κ2) is 5.01. The van der Waals surface area contributed by atoms with Gasteiger partial charge in [0.2, 0.25) is 0 Å². The number of ether oxygens (including phenoxy) is 1. The predicted octanol–water partition coefficient (Wildman–Crippen LogP) is 3.25. The molecule has 0 spiro atoms. The first kappa shape index (κ1) is 11.7. The number of aromatic nitrogens is 1. The zero-order valence-corrected chi connectivity index (χ0v) is 9.85. The lowest BCUT2D eigenvalue weighted by Gasteiger charge is -2.11. The Morgan fingerprint density at radius 1 is 1.47 bits per heavy atom. The van der Waals surface area contributed by atoms with E-state index in [1.54, 1.807) is 25.1 Å². The van der Waals surface area contributed by atoms with Crippen LogP contribution in [-0.4, -0.2) is 11.0 Å². The molecule has 0 aromatic carbocycles. The van der Waals surface area contributed by atoms with E-state index in [1.165, 1.54) is 18.7 Å². The predicted molar refractivity (Wildman–Crippen MR) is 61.8 cm³/mol. The van der Waals surface area contributed by atoms with Crippen LogP contribution in [0.15, 0.2) is 41.3 Å². The van der Waals surface area contributed by atoms with Crippen LogP contribution in [0.4, 0.5) is 0 Å². The smallest absolute Gasteiger partial charge is 0.342 e. The number of pyridine rings is 1. The number of furan rings is 1. The van der Waals surface area contributed by atoms with Crippen molar-refractivity contribution >= 4 is 17.6 Å². The molecule has 0 bridgehead atoms. The monoisotopic (exact) mass is 251 g/mol. The number of carbonyl (C=O) groups is 1. The second-order valence-corrected chi connectivity index (χ2v) is 3.90. The van der Waals surface area contributed by atoms with E-state index in [0.29, 0.717) is 16.3 Å². The van der Waals surface area contributed by atoms with E-state index in [0.717, 1.165) is 0 Å². The normalized spacial score (nSPS) is 12.1. The van der Waals surface area contributed by atoms with E-state index in [2.05, 4.69) is 4.98 Å². The maximum absolute atomic E-state index is 11.6. The second-order valence-electron chi connectivity index (χ2n) is 3.46. The molecule has 0 radical (unpaired) electrons. The first-order valence-electron chi connectivity index (χ1n) is 5.01. The Morgan fingerprint density at radius 3 is 2.88 bits per heavy atom. The Bertz CT molecular complexity index is 493. The van der Waals surface area contributed by atoms with Crippen LogP contribution in [0.2, 0.25) is 5.02 Å². The highest BCUT2D eigenvalue weighted by atomic mass is 35.5. The number of esters is 1. The minimum atomic E-state index is -0.442. The molecule has 2 aromatic heterocycles. The van der Waals surface area contributed by atoms with Gasteiger partial charge in [0.15, 0.2) is 0 Å². The Morgan fingerprint density at radius 2 is 2.29 bits per heavy atom. The van der Waals surface area contributed by atoms with Gasteiger partial charge in [-0.05, 0) is 25.1 Å². The van der Waals surface area contributed by atoms with Gasteiger partial charge in [-0.2, -0.15) is 0 Å². The molecule has 0 amide bonds. The van der Waals surface area contributed by atoms with E-state index in [9.17, 15) is 4.79 Å². The van der Waals surface area contributed by atoms with Gasteiger partial charge in [0.1, 0.15) is 12.4 Å². The Kier molecular flexibility index (Phi) is 3.44. The summed E-state index contributed by atoms with van der Waals surface area (Å²) in [7, 11) is 0. The third-order valence-corrected chi connectivity index (χ3v) is 2.43. The van der Waals surface area contributed by atoms with Crippen LogP contribution in [-0.2, 0) is 4.74 Å². The van der Waals surface area contributed by atoms with E-state index in [-0.39, 0.29) is 0 Å². The van der Waals surface area contributed by atoms with Crippen molar-refractivity contribution in [1.82, 2.24) is 4.98 Å². The fourth-order valence-corrected chi connectivity index (χ4v) is 1.41. The summed E-state index contributed by atoms with van der Waals surface area (Å²) in [6.07, 6.45) is 3.83. The molecule has 5 heteroatoms. The zero-order valence-electron chi connectivity index (χ0n) is 9.09. The lowest BCUT2D eigenvalue weighted by Crippen LogP contribution is -2.09. The molecule has 0 aliphatic heterocycles. The molecule has 2 rings (SSSR count). The minimum Gasteiger partial charge on any atom is -0.472 e.